The molecule has 1 atom stereocenters. The van der Waals surface area contributed by atoms with Gasteiger partial charge in [-0.05, 0) is 205 Å². The van der Waals surface area contributed by atoms with Crippen LogP contribution in [0.3, 0.4) is 0 Å². The van der Waals surface area contributed by atoms with Crippen LogP contribution in [0, 0.1) is 6.85 Å². The van der Waals surface area contributed by atoms with Gasteiger partial charge in [-0.3, -0.25) is 0 Å². The average molecular weight is 1050 g/mol. The van der Waals surface area contributed by atoms with E-state index in [-0.39, 0.29) is 39.2 Å². The van der Waals surface area contributed by atoms with E-state index in [0.717, 1.165) is 91.4 Å². The maximum atomic E-state index is 9.10. The molecule has 3 heterocycles. The average Bonchev–Trinajstić information content (AvgIpc) is 1.98. The summed E-state index contributed by atoms with van der Waals surface area (Å²) >= 11 is 0. The van der Waals surface area contributed by atoms with Gasteiger partial charge in [0, 0.05) is 43.7 Å². The predicted octanol–water partition coefficient (Wildman–Crippen LogP) is 18.7. The van der Waals surface area contributed by atoms with E-state index in [2.05, 4.69) is 238 Å². The SMILES string of the molecule is [2H]C([2H])([2H])c1ccccc1C(c1ccccc1)c1cc2c3c(c1)N(c1ccc(C(C)(C)C)cc1)c1c(oc4cc5c(cc14)C1(C)CCC5(C)CC1)B3c1cc3c(cc1N2c1ccc(C(C)(C)C)cc1-c1ccccc1)C(C)(C)CCC3(C)C. The third-order valence-corrected chi connectivity index (χ3v) is 20.5. The van der Waals surface area contributed by atoms with Crippen molar-refractivity contribution in [3.8, 4) is 11.1 Å². The van der Waals surface area contributed by atoms with Crippen LogP contribution in [0.15, 0.2) is 168 Å². The van der Waals surface area contributed by atoms with Crippen molar-refractivity contribution in [1.29, 1.82) is 0 Å². The molecule has 0 N–H and O–H groups in total. The lowest BCUT2D eigenvalue weighted by molar-refractivity contribution is 0.188. The van der Waals surface area contributed by atoms with Gasteiger partial charge in [0.25, 0.3) is 6.71 Å². The van der Waals surface area contributed by atoms with E-state index in [0.29, 0.717) is 5.56 Å². The number of hydrogen-bond acceptors (Lipinski definition) is 3. The zero-order chi connectivity index (χ0) is 58.1. The highest BCUT2D eigenvalue weighted by molar-refractivity contribution is 7.00. The van der Waals surface area contributed by atoms with E-state index in [4.69, 9.17) is 8.53 Å². The lowest BCUT2D eigenvalue weighted by Crippen LogP contribution is -2.61. The van der Waals surface area contributed by atoms with Gasteiger partial charge in [0.1, 0.15) is 5.58 Å². The minimum atomic E-state index is -2.36. The van der Waals surface area contributed by atoms with E-state index in [1.807, 2.05) is 18.2 Å². The summed E-state index contributed by atoms with van der Waals surface area (Å²) in [6, 6.07) is 60.9. The van der Waals surface area contributed by atoms with Crippen LogP contribution in [0.1, 0.15) is 187 Å². The first kappa shape index (κ1) is 47.7. The van der Waals surface area contributed by atoms with Crippen LogP contribution in [0.4, 0.5) is 34.1 Å². The Morgan fingerprint density at radius 2 is 1.09 bits per heavy atom. The molecule has 0 radical (unpaired) electrons. The molecule has 1 fully saturated rings. The van der Waals surface area contributed by atoms with Crippen LogP contribution in [0.5, 0.6) is 0 Å². The number of fused-ring (bicyclic) bond motifs is 9. The van der Waals surface area contributed by atoms with Crippen molar-refractivity contribution in [2.45, 2.75) is 167 Å². The molecule has 9 aromatic rings. The highest BCUT2D eigenvalue weighted by Crippen LogP contribution is 2.59. The third-order valence-electron chi connectivity index (χ3n) is 20.5. The molecule has 4 heteroatoms. The summed E-state index contributed by atoms with van der Waals surface area (Å²) in [5.41, 5.74) is 24.5. The third kappa shape index (κ3) is 7.73. The van der Waals surface area contributed by atoms with E-state index in [9.17, 15) is 0 Å². The minimum absolute atomic E-state index is 0.0637. The second kappa shape index (κ2) is 17.5. The monoisotopic (exact) mass is 1050 g/mol. The lowest BCUT2D eigenvalue weighted by atomic mass is 9.35. The lowest BCUT2D eigenvalue weighted by Gasteiger charge is -2.52. The number of benzene rings is 8. The summed E-state index contributed by atoms with van der Waals surface area (Å²) in [5, 5.41) is 1.15. The molecule has 4 aliphatic carbocycles. The standard InChI is InChI=1S/C76H79BN2O/c1-47-22-20-21-27-54(47)67(49-25-18-15-19-26-49)50-40-64-68-65(41-50)79(62-33-30-52(72(5,6)7)42-55(62)48-23-16-14-17-24-48)63-45-58-57(73(8,9)34-35-74(58,10)11)44-61(63)77(68)70-69(78(64)53-31-28-51(29-32-53)71(2,3)4)56-43-59-60(46-66(56)80-70)76(13)38-36-75(59,12)37-39-76/h14-33,40-46,67H,34-39H2,1-13H3/i1D3. The summed E-state index contributed by atoms with van der Waals surface area (Å²) in [6.07, 6.45) is 6.90. The Kier molecular flexibility index (Phi) is 10.4. The van der Waals surface area contributed by atoms with Gasteiger partial charge in [-0.25, -0.2) is 0 Å². The van der Waals surface area contributed by atoms with Crippen molar-refractivity contribution in [3.63, 3.8) is 0 Å². The molecule has 2 aliphatic heterocycles. The van der Waals surface area contributed by atoms with Crippen LogP contribution in [0.25, 0.3) is 22.1 Å². The highest BCUT2D eigenvalue weighted by atomic mass is 16.3. The van der Waals surface area contributed by atoms with Gasteiger partial charge < -0.3 is 14.2 Å². The topological polar surface area (TPSA) is 19.6 Å². The first-order chi connectivity index (χ1) is 39.2. The molecule has 0 spiro atoms. The van der Waals surface area contributed by atoms with Crippen molar-refractivity contribution < 1.29 is 8.53 Å². The second-order valence-corrected chi connectivity index (χ2v) is 28.7. The van der Waals surface area contributed by atoms with E-state index in [1.165, 1.54) is 70.0 Å². The zero-order valence-electron chi connectivity index (χ0n) is 52.3. The van der Waals surface area contributed by atoms with Gasteiger partial charge in [-0.2, -0.15) is 0 Å². The summed E-state index contributed by atoms with van der Waals surface area (Å²) in [5.74, 6) is -0.452. The summed E-state index contributed by atoms with van der Waals surface area (Å²) in [7, 11) is 0. The van der Waals surface area contributed by atoms with Crippen molar-refractivity contribution in [2.75, 3.05) is 9.80 Å². The quantitative estimate of drug-likeness (QED) is 0.122. The van der Waals surface area contributed by atoms with E-state index >= 15 is 0 Å². The Labute approximate surface area is 481 Å². The highest BCUT2D eigenvalue weighted by Gasteiger charge is 2.52. The van der Waals surface area contributed by atoms with E-state index < -0.39 is 12.8 Å². The molecule has 8 aromatic carbocycles. The van der Waals surface area contributed by atoms with Crippen molar-refractivity contribution in [1.82, 2.24) is 0 Å². The van der Waals surface area contributed by atoms with Crippen LogP contribution in [0.2, 0.25) is 0 Å². The molecule has 1 aromatic heterocycles. The van der Waals surface area contributed by atoms with Gasteiger partial charge in [0.05, 0.1) is 17.0 Å². The van der Waals surface area contributed by atoms with Crippen LogP contribution >= 0.6 is 0 Å². The number of nitrogens with zero attached hydrogens (tertiary/aromatic N) is 2. The largest absolute Gasteiger partial charge is 0.468 e. The van der Waals surface area contributed by atoms with Gasteiger partial charge in [0.2, 0.25) is 0 Å². The maximum Gasteiger partial charge on any atom is 0.297 e. The molecule has 402 valence electrons. The molecular weight excluding hydrogens is 968 g/mol. The molecule has 1 unspecified atom stereocenters. The Morgan fingerprint density at radius 1 is 0.512 bits per heavy atom. The molecule has 15 rings (SSSR count). The smallest absolute Gasteiger partial charge is 0.297 e. The number of rotatable bonds is 6. The zero-order valence-corrected chi connectivity index (χ0v) is 49.3. The summed E-state index contributed by atoms with van der Waals surface area (Å²) < 4.78 is 35.2. The number of hydrogen-bond donors (Lipinski definition) is 0. The fraction of sp³-hybridized carbons (Fsp3) is 0.342. The van der Waals surface area contributed by atoms with Gasteiger partial charge in [-0.1, -0.05) is 192 Å². The summed E-state index contributed by atoms with van der Waals surface area (Å²) in [4.78, 5) is 5.17. The molecule has 3 nitrogen and oxygen atoms in total. The Balaban J connectivity index is 1.18. The van der Waals surface area contributed by atoms with Gasteiger partial charge >= 0.3 is 0 Å². The van der Waals surface area contributed by atoms with Crippen LogP contribution in [-0.4, -0.2) is 6.71 Å². The molecule has 1 saturated carbocycles. The normalized spacial score (nSPS) is 21.4. The van der Waals surface area contributed by atoms with Crippen LogP contribution < -0.4 is 26.4 Å². The molecular formula is C76H79BN2O. The fourth-order valence-corrected chi connectivity index (χ4v) is 15.3. The van der Waals surface area contributed by atoms with Crippen molar-refractivity contribution in [2.24, 2.45) is 0 Å². The Morgan fingerprint density at radius 3 is 1.73 bits per heavy atom. The van der Waals surface area contributed by atoms with Gasteiger partial charge in [-0.15, -0.1) is 0 Å². The Bertz CT molecular complexity index is 4090. The number of aryl methyl sites for hydroxylation is 1. The van der Waals surface area contributed by atoms with Gasteiger partial charge in [0.15, 0.2) is 0 Å². The maximum absolute atomic E-state index is 9.10. The van der Waals surface area contributed by atoms with Crippen molar-refractivity contribution >= 4 is 68.4 Å². The molecule has 0 amide bonds. The predicted molar refractivity (Wildman–Crippen MR) is 340 cm³/mol. The molecule has 2 bridgehead atoms. The van der Waals surface area contributed by atoms with Crippen LogP contribution in [-0.2, 0) is 32.5 Å². The molecule has 80 heavy (non-hydrogen) atoms. The molecule has 0 saturated heterocycles. The first-order valence-corrected chi connectivity index (χ1v) is 29.8. The Hall–Kier alpha value is -7.04. The van der Waals surface area contributed by atoms with Crippen molar-refractivity contribution in [3.05, 3.63) is 219 Å². The first-order valence-electron chi connectivity index (χ1n) is 31.3. The minimum Gasteiger partial charge on any atom is -0.468 e. The molecule has 6 aliphatic rings. The summed E-state index contributed by atoms with van der Waals surface area (Å²) in [6.45, 7) is 26.0. The van der Waals surface area contributed by atoms with E-state index in [1.54, 1.807) is 0 Å². The fourth-order valence-electron chi connectivity index (χ4n) is 15.3. The number of anilines is 6. The second-order valence-electron chi connectivity index (χ2n) is 28.7. The number of furan rings is 1.